The molecule has 1 aromatic carbocycles. The van der Waals surface area contributed by atoms with Gasteiger partial charge in [0.2, 0.25) is 5.91 Å². The molecule has 1 saturated heterocycles. The lowest BCUT2D eigenvalue weighted by atomic mass is 10.1. The highest BCUT2D eigenvalue weighted by Gasteiger charge is 2.35. The molecule has 1 amide bonds. The Hall–Kier alpha value is -1.43. The molecule has 2 rings (SSSR count). The number of carboxylic acid groups (broad SMARTS) is 1. The highest BCUT2D eigenvalue weighted by Crippen LogP contribution is 2.32. The van der Waals surface area contributed by atoms with E-state index in [4.69, 9.17) is 5.11 Å². The fourth-order valence-electron chi connectivity index (χ4n) is 1.80. The predicted octanol–water partition coefficient (Wildman–Crippen LogP) is 2.03. The van der Waals surface area contributed by atoms with Crippen LogP contribution in [0.25, 0.3) is 0 Å². The molecule has 1 aliphatic heterocycles. The van der Waals surface area contributed by atoms with E-state index in [-0.39, 0.29) is 18.9 Å². The van der Waals surface area contributed by atoms with Crippen LogP contribution in [0.2, 0.25) is 0 Å². The van der Waals surface area contributed by atoms with E-state index >= 15 is 0 Å². The van der Waals surface area contributed by atoms with Crippen LogP contribution >= 0.6 is 15.9 Å². The number of nitrogens with zero attached hydrogens (tertiary/aromatic N) is 1. The number of amides is 1. The van der Waals surface area contributed by atoms with Crippen LogP contribution < -0.4 is 4.90 Å². The largest absolute Gasteiger partial charge is 0.481 e. The van der Waals surface area contributed by atoms with Crippen molar-refractivity contribution in [1.82, 2.24) is 0 Å². The van der Waals surface area contributed by atoms with Gasteiger partial charge in [0.25, 0.3) is 0 Å². The average Bonchev–Trinajstić information content (AvgIpc) is 2.64. The van der Waals surface area contributed by atoms with Gasteiger partial charge in [0, 0.05) is 17.4 Å². The fraction of sp³-hybridized carbons (Fsp3) is 0.273. The van der Waals surface area contributed by atoms with Crippen LogP contribution in [0.1, 0.15) is 6.42 Å². The van der Waals surface area contributed by atoms with Crippen LogP contribution in [0.5, 0.6) is 0 Å². The maximum atomic E-state index is 13.1. The molecule has 0 aromatic heterocycles. The molecular formula is C11H9BrFNO3. The van der Waals surface area contributed by atoms with Gasteiger partial charge in [0.1, 0.15) is 5.82 Å². The Morgan fingerprint density at radius 2 is 2.24 bits per heavy atom. The van der Waals surface area contributed by atoms with E-state index in [1.54, 1.807) is 0 Å². The highest BCUT2D eigenvalue weighted by atomic mass is 79.9. The zero-order valence-electron chi connectivity index (χ0n) is 8.69. The summed E-state index contributed by atoms with van der Waals surface area (Å²) >= 11 is 3.22. The lowest BCUT2D eigenvalue weighted by Gasteiger charge is -2.17. The molecule has 0 spiro atoms. The van der Waals surface area contributed by atoms with Crippen molar-refractivity contribution in [2.45, 2.75) is 6.42 Å². The molecule has 0 radical (unpaired) electrons. The lowest BCUT2D eigenvalue weighted by Crippen LogP contribution is -2.26. The van der Waals surface area contributed by atoms with E-state index in [9.17, 15) is 14.0 Å². The maximum absolute atomic E-state index is 13.1. The van der Waals surface area contributed by atoms with E-state index in [2.05, 4.69) is 15.9 Å². The van der Waals surface area contributed by atoms with Crippen molar-refractivity contribution in [2.75, 3.05) is 11.4 Å². The van der Waals surface area contributed by atoms with Gasteiger partial charge in [-0.2, -0.15) is 0 Å². The van der Waals surface area contributed by atoms with Gasteiger partial charge in [0.05, 0.1) is 11.6 Å². The smallest absolute Gasteiger partial charge is 0.308 e. The molecule has 0 saturated carbocycles. The number of carbonyl (C=O) groups excluding carboxylic acids is 1. The average molecular weight is 302 g/mol. The van der Waals surface area contributed by atoms with Gasteiger partial charge < -0.3 is 10.0 Å². The fourth-order valence-corrected chi connectivity index (χ4v) is 2.26. The molecule has 4 nitrogen and oxygen atoms in total. The highest BCUT2D eigenvalue weighted by molar-refractivity contribution is 9.10. The van der Waals surface area contributed by atoms with Crippen molar-refractivity contribution in [3.8, 4) is 0 Å². The zero-order chi connectivity index (χ0) is 12.6. The summed E-state index contributed by atoms with van der Waals surface area (Å²) in [6.45, 7) is 0.0796. The number of halogens is 2. The van der Waals surface area contributed by atoms with Crippen LogP contribution in [0.15, 0.2) is 22.7 Å². The minimum Gasteiger partial charge on any atom is -0.481 e. The summed E-state index contributed by atoms with van der Waals surface area (Å²) in [6.07, 6.45) is -0.0434. The molecule has 0 bridgehead atoms. The molecule has 1 atom stereocenters. The van der Waals surface area contributed by atoms with Crippen LogP contribution in [0, 0.1) is 11.7 Å². The minimum atomic E-state index is -1.01. The van der Waals surface area contributed by atoms with E-state index in [1.165, 1.54) is 23.1 Å². The zero-order valence-corrected chi connectivity index (χ0v) is 10.3. The van der Waals surface area contributed by atoms with Crippen molar-refractivity contribution in [3.63, 3.8) is 0 Å². The third-order valence-electron chi connectivity index (χ3n) is 2.67. The Morgan fingerprint density at radius 3 is 2.82 bits per heavy atom. The Labute approximate surface area is 105 Å². The van der Waals surface area contributed by atoms with Crippen molar-refractivity contribution < 1.29 is 19.1 Å². The number of hydrogen-bond acceptors (Lipinski definition) is 2. The molecule has 1 fully saturated rings. The van der Waals surface area contributed by atoms with Gasteiger partial charge in [-0.15, -0.1) is 0 Å². The third-order valence-corrected chi connectivity index (χ3v) is 3.34. The molecule has 6 heteroatoms. The SMILES string of the molecule is O=C(O)C1CC(=O)N(c2cc(F)ccc2Br)C1. The summed E-state index contributed by atoms with van der Waals surface area (Å²) < 4.78 is 13.7. The molecule has 17 heavy (non-hydrogen) atoms. The third kappa shape index (κ3) is 2.31. The Balaban J connectivity index is 2.32. The number of carboxylic acids is 1. The van der Waals surface area contributed by atoms with Crippen molar-refractivity contribution in [1.29, 1.82) is 0 Å². The van der Waals surface area contributed by atoms with Gasteiger partial charge in [-0.1, -0.05) is 0 Å². The number of rotatable bonds is 2. The number of aliphatic carboxylic acids is 1. The van der Waals surface area contributed by atoms with Gasteiger partial charge >= 0.3 is 5.97 Å². The first-order valence-electron chi connectivity index (χ1n) is 4.97. The monoisotopic (exact) mass is 301 g/mol. The van der Waals surface area contributed by atoms with Gasteiger partial charge in [-0.3, -0.25) is 9.59 Å². The maximum Gasteiger partial charge on any atom is 0.308 e. The number of benzene rings is 1. The normalized spacial score (nSPS) is 19.8. The number of hydrogen-bond donors (Lipinski definition) is 1. The summed E-state index contributed by atoms with van der Waals surface area (Å²) in [5.41, 5.74) is 0.374. The summed E-state index contributed by atoms with van der Waals surface area (Å²) in [6, 6.07) is 3.97. The van der Waals surface area contributed by atoms with Crippen molar-refractivity contribution in [3.05, 3.63) is 28.5 Å². The predicted molar refractivity (Wildman–Crippen MR) is 62.2 cm³/mol. The van der Waals surface area contributed by atoms with Crippen LogP contribution in [0.4, 0.5) is 10.1 Å². The van der Waals surface area contributed by atoms with E-state index in [0.29, 0.717) is 10.2 Å². The van der Waals surface area contributed by atoms with E-state index in [1.807, 2.05) is 0 Å². The topological polar surface area (TPSA) is 57.6 Å². The van der Waals surface area contributed by atoms with Gasteiger partial charge in [0.15, 0.2) is 0 Å². The van der Waals surface area contributed by atoms with Crippen LogP contribution in [0.3, 0.4) is 0 Å². The quantitative estimate of drug-likeness (QED) is 0.909. The molecule has 0 aliphatic carbocycles. The lowest BCUT2D eigenvalue weighted by molar-refractivity contribution is -0.141. The Bertz CT molecular complexity index is 492. The second kappa shape index (κ2) is 4.44. The van der Waals surface area contributed by atoms with Crippen molar-refractivity contribution in [2.24, 2.45) is 5.92 Å². The van der Waals surface area contributed by atoms with E-state index < -0.39 is 17.7 Å². The minimum absolute atomic E-state index is 0.0434. The Kier molecular flexibility index (Phi) is 3.15. The van der Waals surface area contributed by atoms with Crippen molar-refractivity contribution >= 4 is 33.5 Å². The number of carbonyl (C=O) groups is 2. The second-order valence-electron chi connectivity index (χ2n) is 3.84. The molecule has 1 aliphatic rings. The van der Waals surface area contributed by atoms with Gasteiger partial charge in [-0.25, -0.2) is 4.39 Å². The summed E-state index contributed by atoms with van der Waals surface area (Å²) in [5.74, 6) is -2.50. The first-order chi connectivity index (χ1) is 7.99. The molecule has 1 heterocycles. The second-order valence-corrected chi connectivity index (χ2v) is 4.69. The first-order valence-corrected chi connectivity index (χ1v) is 5.76. The Morgan fingerprint density at radius 1 is 1.53 bits per heavy atom. The van der Waals surface area contributed by atoms with Gasteiger partial charge in [-0.05, 0) is 34.1 Å². The standard InChI is InChI=1S/C11H9BrFNO3/c12-8-2-1-7(13)4-9(8)14-5-6(11(16)17)3-10(14)15/h1-2,4,6H,3,5H2,(H,16,17). The van der Waals surface area contributed by atoms with E-state index in [0.717, 1.165) is 0 Å². The molecular weight excluding hydrogens is 293 g/mol. The molecule has 1 unspecified atom stereocenters. The summed E-state index contributed by atoms with van der Waals surface area (Å²) in [5, 5.41) is 8.85. The first kappa shape index (κ1) is 12.0. The summed E-state index contributed by atoms with van der Waals surface area (Å²) in [4.78, 5) is 23.8. The number of anilines is 1. The molecule has 1 aromatic rings. The molecule has 90 valence electrons. The molecule has 1 N–H and O–H groups in total. The van der Waals surface area contributed by atoms with Crippen LogP contribution in [-0.4, -0.2) is 23.5 Å². The van der Waals surface area contributed by atoms with Crippen LogP contribution in [-0.2, 0) is 9.59 Å². The summed E-state index contributed by atoms with van der Waals surface area (Å²) in [7, 11) is 0.